The quantitative estimate of drug-likeness (QED) is 0.796. The monoisotopic (exact) mass is 289 g/mol. The van der Waals surface area contributed by atoms with E-state index in [4.69, 9.17) is 20.3 Å². The number of benzene rings is 1. The van der Waals surface area contributed by atoms with Gasteiger partial charge in [0.05, 0.1) is 33.5 Å². The van der Waals surface area contributed by atoms with Crippen LogP contribution in [0.2, 0.25) is 0 Å². The summed E-state index contributed by atoms with van der Waals surface area (Å²) >= 11 is 0. The highest BCUT2D eigenvalue weighted by molar-refractivity contribution is 6.61. The number of aromatic nitrogens is 1. The maximum absolute atomic E-state index is 8.22. The number of rotatable bonds is 2. The first-order valence-electron chi connectivity index (χ1n) is 10.6. The van der Waals surface area contributed by atoms with Crippen molar-refractivity contribution in [2.45, 2.75) is 38.9 Å². The van der Waals surface area contributed by atoms with Gasteiger partial charge in [-0.2, -0.15) is 0 Å². The molecular weight excluding hydrogens is 261 g/mol. The summed E-state index contributed by atoms with van der Waals surface area (Å²) in [6.45, 7) is 7.25. The summed E-state index contributed by atoms with van der Waals surface area (Å²) in [5, 5.41) is 0. The highest BCUT2D eigenvalue weighted by atomic mass is 16.7. The Kier molecular flexibility index (Phi) is 1.79. The van der Waals surface area contributed by atoms with Crippen LogP contribution >= 0.6 is 0 Å². The van der Waals surface area contributed by atoms with Crippen molar-refractivity contribution < 1.29 is 20.3 Å². The number of pyridine rings is 1. The first kappa shape index (κ1) is 7.57. The third kappa shape index (κ3) is 2.61. The maximum Gasteiger partial charge on any atom is 0.514 e. The van der Waals surface area contributed by atoms with E-state index in [1.54, 1.807) is 0 Å². The SMILES string of the molecule is [2H]c1c(B2OC(C)(C)C(C)(C)O2)nc(-c2c([2H])c([2H])c([2H])c([2H])c2[2H])c([2H])c1[2H]. The van der Waals surface area contributed by atoms with Crippen LogP contribution in [0.4, 0.5) is 0 Å². The van der Waals surface area contributed by atoms with Gasteiger partial charge in [0.25, 0.3) is 0 Å². The maximum atomic E-state index is 8.22. The molecule has 0 spiro atoms. The van der Waals surface area contributed by atoms with E-state index >= 15 is 0 Å². The van der Waals surface area contributed by atoms with Gasteiger partial charge in [-0.05, 0) is 39.8 Å². The molecule has 1 fully saturated rings. The second-order valence-corrected chi connectivity index (χ2v) is 5.81. The van der Waals surface area contributed by atoms with E-state index < -0.39 is 60.6 Å². The van der Waals surface area contributed by atoms with Gasteiger partial charge in [-0.15, -0.1) is 0 Å². The third-order valence-electron chi connectivity index (χ3n) is 3.82. The van der Waals surface area contributed by atoms with Crippen LogP contribution in [-0.2, 0) is 9.31 Å². The zero-order valence-corrected chi connectivity index (χ0v) is 12.3. The first-order valence-corrected chi connectivity index (χ1v) is 6.62. The first-order chi connectivity index (χ1) is 13.2. The fourth-order valence-corrected chi connectivity index (χ4v) is 1.88. The summed E-state index contributed by atoms with van der Waals surface area (Å²) in [6.07, 6.45) is 0. The van der Waals surface area contributed by atoms with Crippen molar-refractivity contribution in [2.75, 3.05) is 0 Å². The predicted octanol–water partition coefficient (Wildman–Crippen LogP) is 3.05. The topological polar surface area (TPSA) is 31.4 Å². The molecule has 21 heavy (non-hydrogen) atoms. The molecular formula is C17H20BNO2. The molecule has 0 N–H and O–H groups in total. The Morgan fingerprint density at radius 1 is 0.905 bits per heavy atom. The van der Waals surface area contributed by atoms with Crippen LogP contribution in [-0.4, -0.2) is 23.3 Å². The smallest absolute Gasteiger partial charge is 0.398 e. The summed E-state index contributed by atoms with van der Waals surface area (Å²) < 4.78 is 76.0. The highest BCUT2D eigenvalue weighted by Gasteiger charge is 2.52. The van der Waals surface area contributed by atoms with Gasteiger partial charge in [-0.25, -0.2) is 0 Å². The molecule has 2 heterocycles. The lowest BCUT2D eigenvalue weighted by Gasteiger charge is -2.32. The normalized spacial score (nSPS) is 25.0. The van der Waals surface area contributed by atoms with Crippen molar-refractivity contribution in [3.05, 3.63) is 48.3 Å². The van der Waals surface area contributed by atoms with Crippen molar-refractivity contribution in [2.24, 2.45) is 0 Å². The minimum Gasteiger partial charge on any atom is -0.398 e. The van der Waals surface area contributed by atoms with E-state index in [0.29, 0.717) is 0 Å². The lowest BCUT2D eigenvalue weighted by molar-refractivity contribution is 0.00578. The Balaban J connectivity index is 2.28. The van der Waals surface area contributed by atoms with Crippen molar-refractivity contribution in [1.29, 1.82) is 0 Å². The van der Waals surface area contributed by atoms with Crippen molar-refractivity contribution in [3.63, 3.8) is 0 Å². The third-order valence-corrected chi connectivity index (χ3v) is 3.82. The number of hydrogen-bond acceptors (Lipinski definition) is 3. The molecule has 4 heteroatoms. The number of hydrogen-bond donors (Lipinski definition) is 0. The largest absolute Gasteiger partial charge is 0.514 e. The molecule has 2 aromatic rings. The molecule has 3 rings (SSSR count). The summed E-state index contributed by atoms with van der Waals surface area (Å²) in [5.74, 6) is 0. The lowest BCUT2D eigenvalue weighted by Crippen LogP contribution is -2.41. The molecule has 0 atom stereocenters. The molecule has 0 unspecified atom stereocenters. The van der Waals surface area contributed by atoms with Crippen LogP contribution in [0.3, 0.4) is 0 Å². The van der Waals surface area contributed by atoms with Crippen molar-refractivity contribution in [3.8, 4) is 11.3 Å². The molecule has 0 saturated carbocycles. The van der Waals surface area contributed by atoms with E-state index in [2.05, 4.69) is 4.98 Å². The zero-order chi connectivity index (χ0) is 22.0. The Labute approximate surface area is 137 Å². The summed E-state index contributed by atoms with van der Waals surface area (Å²) in [7, 11) is -1.10. The highest BCUT2D eigenvalue weighted by Crippen LogP contribution is 2.36. The van der Waals surface area contributed by atoms with Crippen molar-refractivity contribution >= 4 is 12.7 Å². The van der Waals surface area contributed by atoms with Crippen LogP contribution in [0, 0.1) is 0 Å². The van der Waals surface area contributed by atoms with Gasteiger partial charge in [0.2, 0.25) is 0 Å². The summed E-state index contributed by atoms with van der Waals surface area (Å²) in [4.78, 5) is 4.24. The summed E-state index contributed by atoms with van der Waals surface area (Å²) in [5.41, 5.74) is -2.12. The van der Waals surface area contributed by atoms with E-state index in [1.807, 2.05) is 27.7 Å². The van der Waals surface area contributed by atoms with E-state index in [1.165, 1.54) is 0 Å². The molecule has 1 aromatic carbocycles. The van der Waals surface area contributed by atoms with Gasteiger partial charge in [-0.1, -0.05) is 36.3 Å². The average molecular weight is 289 g/mol. The molecule has 0 bridgehead atoms. The van der Waals surface area contributed by atoms with Crippen LogP contribution in [0.1, 0.15) is 38.7 Å². The van der Waals surface area contributed by atoms with Gasteiger partial charge in [0.1, 0.15) is 0 Å². The molecule has 3 nitrogen and oxygen atoms in total. The second kappa shape index (κ2) is 4.97. The summed E-state index contributed by atoms with van der Waals surface area (Å²) in [6, 6.07) is -4.14. The minimum atomic E-state index is -1.10. The Hall–Kier alpha value is -1.65. The fraction of sp³-hybridized carbons (Fsp3) is 0.353. The van der Waals surface area contributed by atoms with Crippen molar-refractivity contribution in [1.82, 2.24) is 4.98 Å². The van der Waals surface area contributed by atoms with E-state index in [9.17, 15) is 0 Å². The fourth-order valence-electron chi connectivity index (χ4n) is 1.88. The second-order valence-electron chi connectivity index (χ2n) is 5.81. The lowest BCUT2D eigenvalue weighted by atomic mass is 9.84. The van der Waals surface area contributed by atoms with Gasteiger partial charge in [-0.3, -0.25) is 4.98 Å². The molecule has 1 aromatic heterocycles. The van der Waals surface area contributed by atoms with Gasteiger partial charge >= 0.3 is 7.12 Å². The zero-order valence-electron chi connectivity index (χ0n) is 20.3. The number of nitrogens with zero attached hydrogens (tertiary/aromatic N) is 1. The Morgan fingerprint density at radius 2 is 1.52 bits per heavy atom. The Morgan fingerprint density at radius 3 is 2.14 bits per heavy atom. The van der Waals surface area contributed by atoms with Crippen LogP contribution in [0.25, 0.3) is 11.3 Å². The molecule has 1 aliphatic rings. The standard InChI is InChI=1S/C17H20BNO2/c1-16(2)17(3,4)21-18(20-16)15-12-8-11-14(19-15)13-9-6-5-7-10-13/h5-12H,1-4H3/i5D,6D,7D,8D,9D,10D,11D,12D. The van der Waals surface area contributed by atoms with Gasteiger partial charge in [0.15, 0.2) is 0 Å². The molecule has 108 valence electrons. The average Bonchev–Trinajstić information content (AvgIpc) is 2.85. The van der Waals surface area contributed by atoms with E-state index in [0.717, 1.165) is 0 Å². The van der Waals surface area contributed by atoms with E-state index in [-0.39, 0.29) is 22.9 Å². The van der Waals surface area contributed by atoms with Gasteiger partial charge < -0.3 is 9.31 Å². The van der Waals surface area contributed by atoms with Crippen LogP contribution in [0.15, 0.2) is 48.3 Å². The molecule has 0 aliphatic carbocycles. The predicted molar refractivity (Wildman–Crippen MR) is 85.4 cm³/mol. The van der Waals surface area contributed by atoms with Crippen LogP contribution < -0.4 is 5.59 Å². The molecule has 1 saturated heterocycles. The van der Waals surface area contributed by atoms with Crippen LogP contribution in [0.5, 0.6) is 0 Å². The minimum absolute atomic E-state index is 0.0774. The molecule has 0 radical (unpaired) electrons. The molecule has 1 aliphatic heterocycles. The Bertz CT molecular complexity index is 982. The molecule has 0 amide bonds. The van der Waals surface area contributed by atoms with Gasteiger partial charge in [0, 0.05) is 5.56 Å².